The maximum absolute atomic E-state index is 12.7. The van der Waals surface area contributed by atoms with Gasteiger partial charge in [-0.25, -0.2) is 0 Å². The Hall–Kier alpha value is -0.740. The molecule has 2 aliphatic rings. The van der Waals surface area contributed by atoms with Gasteiger partial charge in [0.2, 0.25) is 5.91 Å². The number of carbonyl (C=O) groups is 1. The fourth-order valence-corrected chi connectivity index (χ4v) is 3.26. The molecule has 110 valence electrons. The third-order valence-corrected chi connectivity index (χ3v) is 4.48. The highest BCUT2D eigenvalue weighted by atomic mass is 19.4. The van der Waals surface area contributed by atoms with Crippen LogP contribution in [0.3, 0.4) is 0 Å². The van der Waals surface area contributed by atoms with E-state index in [1.165, 1.54) is 30.6 Å². The first kappa shape index (κ1) is 14.7. The minimum Gasteiger partial charge on any atom is -0.342 e. The van der Waals surface area contributed by atoms with E-state index in [0.29, 0.717) is 25.3 Å². The molecule has 0 bridgehead atoms. The van der Waals surface area contributed by atoms with Crippen molar-refractivity contribution >= 4 is 5.91 Å². The number of amides is 1. The summed E-state index contributed by atoms with van der Waals surface area (Å²) >= 11 is 0. The van der Waals surface area contributed by atoms with E-state index >= 15 is 0 Å². The average Bonchev–Trinajstić information content (AvgIpc) is 2.88. The van der Waals surface area contributed by atoms with Crippen molar-refractivity contribution in [3.05, 3.63) is 0 Å². The van der Waals surface area contributed by atoms with Crippen LogP contribution in [0.1, 0.15) is 51.4 Å². The van der Waals surface area contributed by atoms with Crippen molar-refractivity contribution in [1.29, 1.82) is 0 Å². The van der Waals surface area contributed by atoms with Gasteiger partial charge in [-0.15, -0.1) is 0 Å². The molecule has 1 heterocycles. The minimum absolute atomic E-state index is 0.0825. The van der Waals surface area contributed by atoms with Crippen LogP contribution in [-0.4, -0.2) is 30.1 Å². The van der Waals surface area contributed by atoms with Gasteiger partial charge in [-0.05, 0) is 25.2 Å². The van der Waals surface area contributed by atoms with E-state index in [1.54, 1.807) is 0 Å². The van der Waals surface area contributed by atoms with Crippen LogP contribution >= 0.6 is 0 Å². The molecule has 0 spiro atoms. The summed E-state index contributed by atoms with van der Waals surface area (Å²) in [7, 11) is 0. The predicted molar refractivity (Wildman–Crippen MR) is 66.6 cm³/mol. The van der Waals surface area contributed by atoms with Crippen LogP contribution in [0, 0.1) is 11.8 Å². The molecule has 2 rings (SSSR count). The smallest absolute Gasteiger partial charge is 0.342 e. The molecule has 1 atom stereocenters. The second kappa shape index (κ2) is 6.14. The Morgan fingerprint density at radius 1 is 1.11 bits per heavy atom. The Balaban J connectivity index is 1.78. The van der Waals surface area contributed by atoms with Crippen LogP contribution < -0.4 is 0 Å². The molecular weight excluding hydrogens is 255 g/mol. The van der Waals surface area contributed by atoms with Crippen molar-refractivity contribution in [3.8, 4) is 0 Å². The second-order valence-electron chi connectivity index (χ2n) is 5.91. The molecule has 2 fully saturated rings. The van der Waals surface area contributed by atoms with Gasteiger partial charge in [0.15, 0.2) is 0 Å². The third kappa shape index (κ3) is 4.11. The van der Waals surface area contributed by atoms with Gasteiger partial charge in [0.1, 0.15) is 0 Å². The zero-order valence-electron chi connectivity index (χ0n) is 11.2. The minimum atomic E-state index is -4.16. The van der Waals surface area contributed by atoms with Gasteiger partial charge in [0.05, 0.1) is 5.92 Å². The summed E-state index contributed by atoms with van der Waals surface area (Å²) in [6.45, 7) is 0.364. The topological polar surface area (TPSA) is 20.3 Å². The third-order valence-electron chi connectivity index (χ3n) is 4.48. The number of likely N-dealkylation sites (tertiary alicyclic amines) is 1. The lowest BCUT2D eigenvalue weighted by atomic mass is 9.96. The van der Waals surface area contributed by atoms with Crippen LogP contribution in [0.4, 0.5) is 13.2 Å². The number of nitrogens with zero attached hydrogens (tertiary/aromatic N) is 1. The molecule has 1 saturated heterocycles. The van der Waals surface area contributed by atoms with Gasteiger partial charge < -0.3 is 4.90 Å². The first-order chi connectivity index (χ1) is 8.97. The summed E-state index contributed by atoms with van der Waals surface area (Å²) in [6.07, 6.45) is 2.58. The number of hydrogen-bond donors (Lipinski definition) is 0. The van der Waals surface area contributed by atoms with Crippen LogP contribution in [-0.2, 0) is 4.79 Å². The lowest BCUT2D eigenvalue weighted by Crippen LogP contribution is -2.44. The quantitative estimate of drug-likeness (QED) is 0.769. The first-order valence-electron chi connectivity index (χ1n) is 7.31. The first-order valence-corrected chi connectivity index (χ1v) is 7.31. The van der Waals surface area contributed by atoms with Gasteiger partial charge in [-0.2, -0.15) is 13.2 Å². The summed E-state index contributed by atoms with van der Waals surface area (Å²) in [6, 6.07) is 0. The summed E-state index contributed by atoms with van der Waals surface area (Å²) < 4.78 is 38.0. The molecule has 1 saturated carbocycles. The number of hydrogen-bond acceptors (Lipinski definition) is 1. The highest BCUT2D eigenvalue weighted by Crippen LogP contribution is 2.34. The van der Waals surface area contributed by atoms with Gasteiger partial charge in [0, 0.05) is 19.5 Å². The van der Waals surface area contributed by atoms with E-state index in [0.717, 1.165) is 6.42 Å². The van der Waals surface area contributed by atoms with Gasteiger partial charge in [0.25, 0.3) is 0 Å². The SMILES string of the molecule is O=C(CCC1CCCC1)N1CCC[C@@H](C(F)(F)F)C1. The van der Waals surface area contributed by atoms with Gasteiger partial charge in [-0.3, -0.25) is 4.79 Å². The second-order valence-corrected chi connectivity index (χ2v) is 5.91. The molecule has 0 aromatic rings. The van der Waals surface area contributed by atoms with Crippen molar-refractivity contribution in [2.45, 2.75) is 57.5 Å². The molecule has 0 aromatic carbocycles. The zero-order valence-corrected chi connectivity index (χ0v) is 11.2. The molecule has 0 radical (unpaired) electrons. The van der Waals surface area contributed by atoms with E-state index in [4.69, 9.17) is 0 Å². The molecule has 0 N–H and O–H groups in total. The number of piperidine rings is 1. The number of carbonyl (C=O) groups excluding carboxylic acids is 1. The lowest BCUT2D eigenvalue weighted by molar-refractivity contribution is -0.188. The Morgan fingerprint density at radius 3 is 2.42 bits per heavy atom. The number of rotatable bonds is 3. The van der Waals surface area contributed by atoms with Gasteiger partial charge in [-0.1, -0.05) is 25.7 Å². The van der Waals surface area contributed by atoms with Crippen molar-refractivity contribution < 1.29 is 18.0 Å². The Morgan fingerprint density at radius 2 is 1.79 bits per heavy atom. The predicted octanol–water partition coefficient (Wildman–Crippen LogP) is 3.76. The fraction of sp³-hybridized carbons (Fsp3) is 0.929. The van der Waals surface area contributed by atoms with Gasteiger partial charge >= 0.3 is 6.18 Å². The van der Waals surface area contributed by atoms with E-state index in [-0.39, 0.29) is 18.9 Å². The largest absolute Gasteiger partial charge is 0.393 e. The standard InChI is InChI=1S/C14H22F3NO/c15-14(16,17)12-6-3-9-18(10-12)13(19)8-7-11-4-1-2-5-11/h11-12H,1-10H2/t12-/m1/s1. The molecule has 19 heavy (non-hydrogen) atoms. The fourth-order valence-electron chi connectivity index (χ4n) is 3.26. The molecular formula is C14H22F3NO. The van der Waals surface area contributed by atoms with Crippen molar-refractivity contribution in [2.75, 3.05) is 13.1 Å². The molecule has 0 unspecified atom stereocenters. The number of alkyl halides is 3. The zero-order chi connectivity index (χ0) is 13.9. The van der Waals surface area contributed by atoms with E-state index in [9.17, 15) is 18.0 Å². The van der Waals surface area contributed by atoms with Crippen molar-refractivity contribution in [2.24, 2.45) is 11.8 Å². The van der Waals surface area contributed by atoms with E-state index < -0.39 is 12.1 Å². The molecule has 0 aromatic heterocycles. The van der Waals surface area contributed by atoms with Crippen molar-refractivity contribution in [1.82, 2.24) is 4.90 Å². The summed E-state index contributed by atoms with van der Waals surface area (Å²) in [5.41, 5.74) is 0. The Bertz CT molecular complexity index is 310. The highest BCUT2D eigenvalue weighted by molar-refractivity contribution is 5.76. The van der Waals surface area contributed by atoms with Crippen LogP contribution in [0.2, 0.25) is 0 Å². The normalized spacial score (nSPS) is 25.8. The maximum Gasteiger partial charge on any atom is 0.393 e. The monoisotopic (exact) mass is 277 g/mol. The van der Waals surface area contributed by atoms with E-state index in [1.807, 2.05) is 0 Å². The molecule has 5 heteroatoms. The van der Waals surface area contributed by atoms with E-state index in [2.05, 4.69) is 0 Å². The number of halogens is 3. The Labute approximate surface area is 112 Å². The van der Waals surface area contributed by atoms with Crippen molar-refractivity contribution in [3.63, 3.8) is 0 Å². The molecule has 2 nitrogen and oxygen atoms in total. The molecule has 1 aliphatic carbocycles. The van der Waals surface area contributed by atoms with Crippen LogP contribution in [0.5, 0.6) is 0 Å². The summed E-state index contributed by atoms with van der Waals surface area (Å²) in [4.78, 5) is 13.4. The summed E-state index contributed by atoms with van der Waals surface area (Å²) in [5, 5.41) is 0. The van der Waals surface area contributed by atoms with Crippen LogP contribution in [0.25, 0.3) is 0 Å². The lowest BCUT2D eigenvalue weighted by Gasteiger charge is -2.34. The summed E-state index contributed by atoms with van der Waals surface area (Å²) in [5.74, 6) is -0.787. The molecule has 1 aliphatic heterocycles. The maximum atomic E-state index is 12.7. The highest BCUT2D eigenvalue weighted by Gasteiger charge is 2.42. The average molecular weight is 277 g/mol. The van der Waals surface area contributed by atoms with Crippen LogP contribution in [0.15, 0.2) is 0 Å². The molecule has 1 amide bonds. The Kier molecular flexibility index (Phi) is 4.74.